The van der Waals surface area contributed by atoms with Crippen LogP contribution >= 0.6 is 0 Å². The van der Waals surface area contributed by atoms with Gasteiger partial charge in [-0.2, -0.15) is 0 Å². The molecule has 0 spiro atoms. The molecule has 2 aromatic rings. The van der Waals surface area contributed by atoms with Crippen LogP contribution < -0.4 is 29.7 Å². The molecule has 244 valence electrons. The molecule has 0 aliphatic heterocycles. The highest BCUT2D eigenvalue weighted by Gasteiger charge is 2.29. The monoisotopic (exact) mass is 609 g/mol. The zero-order valence-electron chi connectivity index (χ0n) is 27.9. The first-order valence-corrected chi connectivity index (χ1v) is 16.8. The minimum Gasteiger partial charge on any atom is -0.493 e. The summed E-state index contributed by atoms with van der Waals surface area (Å²) in [5.41, 5.74) is 3.15. The van der Waals surface area contributed by atoms with Crippen molar-refractivity contribution in [2.45, 2.75) is 122 Å². The second-order valence-electron chi connectivity index (χ2n) is 12.0. The molecule has 1 aliphatic carbocycles. The fraction of sp³-hybridized carbons (Fsp3) is 0.622. The molecule has 1 atom stereocenters. The normalized spacial score (nSPS) is 13.8. The maximum atomic E-state index is 13.2. The Morgan fingerprint density at radius 2 is 1.30 bits per heavy atom. The van der Waals surface area contributed by atoms with Crippen LogP contribution in [-0.2, 0) is 11.2 Å². The molecule has 0 fully saturated rings. The number of methoxy groups -OCH3 is 4. The lowest BCUT2D eigenvalue weighted by Crippen LogP contribution is -2.28. The van der Waals surface area contributed by atoms with Crippen molar-refractivity contribution < 1.29 is 23.7 Å². The molecule has 2 aromatic carbocycles. The first-order chi connectivity index (χ1) is 21.5. The number of aryl methyl sites for hydroxylation is 1. The molecule has 0 heterocycles. The van der Waals surface area contributed by atoms with Gasteiger partial charge in [0.05, 0.1) is 34.5 Å². The molecule has 0 radical (unpaired) electrons. The van der Waals surface area contributed by atoms with Gasteiger partial charge in [0.15, 0.2) is 17.2 Å². The minimum absolute atomic E-state index is 0.0129. The van der Waals surface area contributed by atoms with Gasteiger partial charge >= 0.3 is 0 Å². The summed E-state index contributed by atoms with van der Waals surface area (Å²) < 4.78 is 22.5. The van der Waals surface area contributed by atoms with Crippen LogP contribution in [-0.4, -0.2) is 34.3 Å². The van der Waals surface area contributed by atoms with Crippen LogP contribution in [0.25, 0.3) is 11.1 Å². The topological polar surface area (TPSA) is 83.1 Å². The Kier molecular flexibility index (Phi) is 15.4. The predicted octanol–water partition coefficient (Wildman–Crippen LogP) is 8.72. The highest BCUT2D eigenvalue weighted by molar-refractivity contribution is 5.83. The Bertz CT molecular complexity index is 1240. The summed E-state index contributed by atoms with van der Waals surface area (Å²) in [6.45, 7) is 2.27. The quantitative estimate of drug-likeness (QED) is 0.151. The van der Waals surface area contributed by atoms with E-state index in [9.17, 15) is 9.59 Å². The number of carbonyl (C=O) groups is 1. The number of benzene rings is 1. The molecule has 7 nitrogen and oxygen atoms in total. The first kappa shape index (κ1) is 35.3. The summed E-state index contributed by atoms with van der Waals surface area (Å²) >= 11 is 0. The third-order valence-corrected chi connectivity index (χ3v) is 8.81. The van der Waals surface area contributed by atoms with E-state index in [1.54, 1.807) is 33.5 Å². The van der Waals surface area contributed by atoms with Crippen LogP contribution in [0.2, 0.25) is 0 Å². The molecule has 0 unspecified atom stereocenters. The van der Waals surface area contributed by atoms with Gasteiger partial charge in [0.2, 0.25) is 17.1 Å². The van der Waals surface area contributed by atoms with E-state index < -0.39 is 0 Å². The summed E-state index contributed by atoms with van der Waals surface area (Å²) in [5, 5.41) is 3.25. The van der Waals surface area contributed by atoms with Crippen LogP contribution in [0.1, 0.15) is 127 Å². The summed E-state index contributed by atoms with van der Waals surface area (Å²) in [7, 11) is 6.26. The minimum atomic E-state index is -0.331. The van der Waals surface area contributed by atoms with Crippen molar-refractivity contribution in [2.24, 2.45) is 0 Å². The smallest absolute Gasteiger partial charge is 0.220 e. The summed E-state index contributed by atoms with van der Waals surface area (Å²) in [6, 6.07) is 6.78. The van der Waals surface area contributed by atoms with Gasteiger partial charge in [-0.1, -0.05) is 96.5 Å². The third kappa shape index (κ3) is 9.90. The van der Waals surface area contributed by atoms with Gasteiger partial charge in [0, 0.05) is 12.0 Å². The number of hydrogen-bond acceptors (Lipinski definition) is 6. The van der Waals surface area contributed by atoms with E-state index in [0.717, 1.165) is 35.1 Å². The Morgan fingerprint density at radius 3 is 1.84 bits per heavy atom. The van der Waals surface area contributed by atoms with E-state index in [0.29, 0.717) is 36.5 Å². The molecule has 1 N–H and O–H groups in total. The molecule has 7 heteroatoms. The number of hydrogen-bond donors (Lipinski definition) is 1. The molecule has 0 saturated heterocycles. The van der Waals surface area contributed by atoms with E-state index in [1.165, 1.54) is 84.2 Å². The summed E-state index contributed by atoms with van der Waals surface area (Å²) in [5.74, 6) is 1.86. The lowest BCUT2D eigenvalue weighted by atomic mass is 9.95. The predicted molar refractivity (Wildman–Crippen MR) is 178 cm³/mol. The van der Waals surface area contributed by atoms with Crippen LogP contribution in [0.5, 0.6) is 23.0 Å². The van der Waals surface area contributed by atoms with Gasteiger partial charge in [-0.3, -0.25) is 9.59 Å². The lowest BCUT2D eigenvalue weighted by molar-refractivity contribution is -0.122. The van der Waals surface area contributed by atoms with E-state index in [-0.39, 0.29) is 23.1 Å². The summed E-state index contributed by atoms with van der Waals surface area (Å²) in [6.07, 6.45) is 19.7. The van der Waals surface area contributed by atoms with Gasteiger partial charge in [0.25, 0.3) is 0 Å². The average molecular weight is 610 g/mol. The SMILES string of the molecule is CCCCCCCCCCCCCCCCC(=O)N[C@H]1CCc2cc(OC)c(OC)c(OC)c2-c2ccc(OC)c(=O)cc21. The number of unbranched alkanes of at least 4 members (excludes halogenated alkanes) is 13. The molecule has 3 rings (SSSR count). The van der Waals surface area contributed by atoms with Crippen molar-refractivity contribution in [3.05, 3.63) is 45.6 Å². The van der Waals surface area contributed by atoms with Gasteiger partial charge in [-0.25, -0.2) is 0 Å². The zero-order valence-corrected chi connectivity index (χ0v) is 27.9. The number of fused-ring (bicyclic) bond motifs is 3. The molecular weight excluding hydrogens is 554 g/mol. The average Bonchev–Trinajstić information content (AvgIpc) is 3.28. The van der Waals surface area contributed by atoms with Crippen LogP contribution in [0.4, 0.5) is 0 Å². The van der Waals surface area contributed by atoms with Crippen LogP contribution in [0.15, 0.2) is 29.1 Å². The van der Waals surface area contributed by atoms with Crippen molar-refractivity contribution in [1.82, 2.24) is 5.32 Å². The second-order valence-corrected chi connectivity index (χ2v) is 12.0. The fourth-order valence-corrected chi connectivity index (χ4v) is 6.36. The van der Waals surface area contributed by atoms with Gasteiger partial charge < -0.3 is 24.3 Å². The van der Waals surface area contributed by atoms with Crippen molar-refractivity contribution in [3.8, 4) is 34.1 Å². The molecule has 1 amide bonds. The lowest BCUT2D eigenvalue weighted by Gasteiger charge is -2.20. The number of ether oxygens (including phenoxy) is 4. The highest BCUT2D eigenvalue weighted by atomic mass is 16.5. The molecule has 44 heavy (non-hydrogen) atoms. The van der Waals surface area contributed by atoms with E-state index >= 15 is 0 Å². The largest absolute Gasteiger partial charge is 0.493 e. The molecular formula is C37H55NO6. The Labute approximate surface area is 265 Å². The Morgan fingerprint density at radius 1 is 0.727 bits per heavy atom. The zero-order chi connectivity index (χ0) is 31.7. The van der Waals surface area contributed by atoms with Crippen LogP contribution in [0.3, 0.4) is 0 Å². The fourth-order valence-electron chi connectivity index (χ4n) is 6.36. The number of amides is 1. The maximum absolute atomic E-state index is 13.2. The standard InChI is InChI=1S/C37H55NO6/c1-6-7-8-9-10-11-12-13-14-15-16-17-18-19-20-34(40)38-30-23-21-27-25-33(42-3)36(43-4)37(44-5)35(27)28-22-24-32(41-2)31(39)26-29(28)30/h22,24-26,30H,6-21,23H2,1-5H3,(H,38,40)/t30-/m0/s1. The van der Waals surface area contributed by atoms with E-state index in [2.05, 4.69) is 12.2 Å². The molecule has 0 bridgehead atoms. The number of rotatable bonds is 20. The van der Waals surface area contributed by atoms with E-state index in [4.69, 9.17) is 18.9 Å². The second kappa shape index (κ2) is 19.2. The van der Waals surface area contributed by atoms with Crippen molar-refractivity contribution in [1.29, 1.82) is 0 Å². The highest BCUT2D eigenvalue weighted by Crippen LogP contribution is 2.50. The molecule has 1 aliphatic rings. The van der Waals surface area contributed by atoms with E-state index in [1.807, 2.05) is 12.1 Å². The van der Waals surface area contributed by atoms with Crippen molar-refractivity contribution in [3.63, 3.8) is 0 Å². The maximum Gasteiger partial charge on any atom is 0.220 e. The summed E-state index contributed by atoms with van der Waals surface area (Å²) in [4.78, 5) is 26.2. The van der Waals surface area contributed by atoms with Crippen molar-refractivity contribution >= 4 is 5.91 Å². The Balaban J connectivity index is 1.59. The van der Waals surface area contributed by atoms with Gasteiger partial charge in [-0.05, 0) is 54.2 Å². The van der Waals surface area contributed by atoms with Gasteiger partial charge in [-0.15, -0.1) is 0 Å². The van der Waals surface area contributed by atoms with Gasteiger partial charge in [0.1, 0.15) is 0 Å². The Hall–Kier alpha value is -3.22. The first-order valence-electron chi connectivity index (χ1n) is 16.8. The van der Waals surface area contributed by atoms with Crippen LogP contribution in [0, 0.1) is 0 Å². The number of carbonyl (C=O) groups excluding carboxylic acids is 1. The molecule has 0 saturated carbocycles. The molecule has 0 aromatic heterocycles. The van der Waals surface area contributed by atoms with Crippen molar-refractivity contribution in [2.75, 3.05) is 28.4 Å². The number of nitrogens with one attached hydrogen (secondary N) is 1. The third-order valence-electron chi connectivity index (χ3n) is 8.81.